The SMILES string of the molecule is CCn1cc(CC(CNC)Cc2ccccc2F)cn1. The summed E-state index contributed by atoms with van der Waals surface area (Å²) in [6.07, 6.45) is 5.64. The molecule has 0 fully saturated rings. The lowest BCUT2D eigenvalue weighted by molar-refractivity contribution is 0.479. The van der Waals surface area contributed by atoms with Crippen LogP contribution in [-0.4, -0.2) is 23.4 Å². The first-order chi connectivity index (χ1) is 9.72. The monoisotopic (exact) mass is 275 g/mol. The summed E-state index contributed by atoms with van der Waals surface area (Å²) in [5.41, 5.74) is 2.00. The van der Waals surface area contributed by atoms with E-state index in [1.807, 2.05) is 30.1 Å². The topological polar surface area (TPSA) is 29.9 Å². The molecule has 1 unspecified atom stereocenters. The molecule has 4 heteroatoms. The lowest BCUT2D eigenvalue weighted by atomic mass is 9.93. The minimum atomic E-state index is -0.113. The summed E-state index contributed by atoms with van der Waals surface area (Å²) in [7, 11) is 1.93. The van der Waals surface area contributed by atoms with Crippen LogP contribution >= 0.6 is 0 Å². The predicted molar refractivity (Wildman–Crippen MR) is 79.1 cm³/mol. The van der Waals surface area contributed by atoms with Crippen LogP contribution in [0.15, 0.2) is 36.7 Å². The zero-order chi connectivity index (χ0) is 14.4. The van der Waals surface area contributed by atoms with Crippen LogP contribution in [0.2, 0.25) is 0 Å². The second-order valence-electron chi connectivity index (χ2n) is 5.13. The Kier molecular flexibility index (Phi) is 5.30. The van der Waals surface area contributed by atoms with Crippen molar-refractivity contribution in [2.24, 2.45) is 5.92 Å². The summed E-state index contributed by atoms with van der Waals surface area (Å²) in [6.45, 7) is 3.82. The second kappa shape index (κ2) is 7.20. The van der Waals surface area contributed by atoms with Crippen molar-refractivity contribution in [3.63, 3.8) is 0 Å². The van der Waals surface area contributed by atoms with Gasteiger partial charge in [0.15, 0.2) is 0 Å². The third kappa shape index (κ3) is 3.90. The van der Waals surface area contributed by atoms with Gasteiger partial charge in [0.25, 0.3) is 0 Å². The molecule has 0 saturated heterocycles. The lowest BCUT2D eigenvalue weighted by Gasteiger charge is -2.16. The number of benzene rings is 1. The second-order valence-corrected chi connectivity index (χ2v) is 5.13. The van der Waals surface area contributed by atoms with E-state index >= 15 is 0 Å². The first-order valence-electron chi connectivity index (χ1n) is 7.12. The summed E-state index contributed by atoms with van der Waals surface area (Å²) in [5, 5.41) is 7.49. The highest BCUT2D eigenvalue weighted by Gasteiger charge is 2.13. The van der Waals surface area contributed by atoms with Crippen molar-refractivity contribution in [1.29, 1.82) is 0 Å². The summed E-state index contributed by atoms with van der Waals surface area (Å²) in [5.74, 6) is 0.254. The van der Waals surface area contributed by atoms with Crippen molar-refractivity contribution >= 4 is 0 Å². The van der Waals surface area contributed by atoms with Crippen LogP contribution in [0.4, 0.5) is 4.39 Å². The maximum absolute atomic E-state index is 13.8. The summed E-state index contributed by atoms with van der Waals surface area (Å²) in [4.78, 5) is 0. The Morgan fingerprint density at radius 1 is 1.30 bits per heavy atom. The van der Waals surface area contributed by atoms with Gasteiger partial charge < -0.3 is 5.32 Å². The number of aromatic nitrogens is 2. The molecule has 2 aromatic rings. The van der Waals surface area contributed by atoms with Gasteiger partial charge in [-0.3, -0.25) is 4.68 Å². The van der Waals surface area contributed by atoms with E-state index in [0.717, 1.165) is 31.5 Å². The first kappa shape index (κ1) is 14.7. The van der Waals surface area contributed by atoms with E-state index in [2.05, 4.69) is 23.5 Å². The molecule has 0 aliphatic heterocycles. The Morgan fingerprint density at radius 2 is 2.10 bits per heavy atom. The number of nitrogens with zero attached hydrogens (tertiary/aromatic N) is 2. The smallest absolute Gasteiger partial charge is 0.126 e. The fourth-order valence-electron chi connectivity index (χ4n) is 2.50. The average molecular weight is 275 g/mol. The van der Waals surface area contributed by atoms with Crippen molar-refractivity contribution in [2.75, 3.05) is 13.6 Å². The predicted octanol–water partition coefficient (Wildman–Crippen LogP) is 2.66. The van der Waals surface area contributed by atoms with Crippen LogP contribution in [-0.2, 0) is 19.4 Å². The minimum absolute atomic E-state index is 0.113. The van der Waals surface area contributed by atoms with Gasteiger partial charge in [0.05, 0.1) is 6.20 Å². The Hall–Kier alpha value is -1.68. The molecule has 1 heterocycles. The van der Waals surface area contributed by atoms with E-state index in [9.17, 15) is 4.39 Å². The van der Waals surface area contributed by atoms with E-state index in [4.69, 9.17) is 0 Å². The Bertz CT molecular complexity index is 536. The Balaban J connectivity index is 2.05. The Labute approximate surface area is 119 Å². The van der Waals surface area contributed by atoms with Gasteiger partial charge in [-0.05, 0) is 56.5 Å². The van der Waals surface area contributed by atoms with Crippen molar-refractivity contribution in [2.45, 2.75) is 26.3 Å². The first-order valence-corrected chi connectivity index (χ1v) is 7.12. The molecule has 0 aliphatic rings. The molecule has 0 saturated carbocycles. The highest BCUT2D eigenvalue weighted by molar-refractivity contribution is 5.18. The van der Waals surface area contributed by atoms with Crippen molar-refractivity contribution < 1.29 is 4.39 Å². The van der Waals surface area contributed by atoms with Gasteiger partial charge in [-0.2, -0.15) is 5.10 Å². The fraction of sp³-hybridized carbons (Fsp3) is 0.438. The van der Waals surface area contributed by atoms with Gasteiger partial charge in [0.1, 0.15) is 5.82 Å². The highest BCUT2D eigenvalue weighted by atomic mass is 19.1. The molecular formula is C16H22FN3. The molecule has 0 spiro atoms. The lowest BCUT2D eigenvalue weighted by Crippen LogP contribution is -2.23. The van der Waals surface area contributed by atoms with E-state index < -0.39 is 0 Å². The van der Waals surface area contributed by atoms with E-state index in [0.29, 0.717) is 5.92 Å². The molecule has 0 radical (unpaired) electrons. The van der Waals surface area contributed by atoms with Gasteiger partial charge in [-0.1, -0.05) is 18.2 Å². The number of halogens is 1. The molecule has 3 nitrogen and oxygen atoms in total. The van der Waals surface area contributed by atoms with Crippen LogP contribution in [0.3, 0.4) is 0 Å². The molecule has 108 valence electrons. The fourth-order valence-corrected chi connectivity index (χ4v) is 2.50. The molecular weight excluding hydrogens is 253 g/mol. The number of hydrogen-bond acceptors (Lipinski definition) is 2. The van der Waals surface area contributed by atoms with Crippen LogP contribution in [0.1, 0.15) is 18.1 Å². The van der Waals surface area contributed by atoms with Gasteiger partial charge in [0.2, 0.25) is 0 Å². The Morgan fingerprint density at radius 3 is 2.75 bits per heavy atom. The molecule has 0 bridgehead atoms. The minimum Gasteiger partial charge on any atom is -0.319 e. The maximum Gasteiger partial charge on any atom is 0.126 e. The molecule has 1 N–H and O–H groups in total. The third-order valence-electron chi connectivity index (χ3n) is 3.49. The van der Waals surface area contributed by atoms with Crippen LogP contribution in [0.25, 0.3) is 0 Å². The molecule has 0 amide bonds. The number of aryl methyl sites for hydroxylation is 1. The summed E-state index contributed by atoms with van der Waals surface area (Å²) in [6, 6.07) is 7.02. The van der Waals surface area contributed by atoms with Crippen LogP contribution < -0.4 is 5.32 Å². The zero-order valence-corrected chi connectivity index (χ0v) is 12.1. The van der Waals surface area contributed by atoms with Gasteiger partial charge in [0, 0.05) is 12.7 Å². The van der Waals surface area contributed by atoms with E-state index in [1.54, 1.807) is 6.07 Å². The molecule has 1 aromatic carbocycles. The number of hydrogen-bond donors (Lipinski definition) is 1. The summed E-state index contributed by atoms with van der Waals surface area (Å²) >= 11 is 0. The third-order valence-corrected chi connectivity index (χ3v) is 3.49. The summed E-state index contributed by atoms with van der Waals surface area (Å²) < 4.78 is 15.7. The number of nitrogens with one attached hydrogen (secondary N) is 1. The highest BCUT2D eigenvalue weighted by Crippen LogP contribution is 2.16. The standard InChI is InChI=1S/C16H22FN3/c1-3-20-12-14(11-19-20)8-13(10-18-2)9-15-6-4-5-7-16(15)17/h4-7,11-13,18H,3,8-10H2,1-2H3. The molecule has 1 atom stereocenters. The van der Waals surface area contributed by atoms with Gasteiger partial charge in [-0.15, -0.1) is 0 Å². The van der Waals surface area contributed by atoms with Crippen LogP contribution in [0.5, 0.6) is 0 Å². The van der Waals surface area contributed by atoms with E-state index in [-0.39, 0.29) is 5.82 Å². The maximum atomic E-state index is 13.8. The normalized spacial score (nSPS) is 12.6. The van der Waals surface area contributed by atoms with Gasteiger partial charge >= 0.3 is 0 Å². The largest absolute Gasteiger partial charge is 0.319 e. The average Bonchev–Trinajstić information content (AvgIpc) is 2.89. The van der Waals surface area contributed by atoms with Crippen molar-refractivity contribution in [3.8, 4) is 0 Å². The van der Waals surface area contributed by atoms with Crippen molar-refractivity contribution in [3.05, 3.63) is 53.6 Å². The van der Waals surface area contributed by atoms with Crippen LogP contribution in [0, 0.1) is 11.7 Å². The molecule has 0 aliphatic carbocycles. The number of rotatable bonds is 7. The quantitative estimate of drug-likeness (QED) is 0.842. The molecule has 2 rings (SSSR count). The van der Waals surface area contributed by atoms with E-state index in [1.165, 1.54) is 11.6 Å². The van der Waals surface area contributed by atoms with Crippen molar-refractivity contribution in [1.82, 2.24) is 15.1 Å². The zero-order valence-electron chi connectivity index (χ0n) is 12.1. The molecule has 1 aromatic heterocycles. The van der Waals surface area contributed by atoms with Gasteiger partial charge in [-0.25, -0.2) is 4.39 Å². The molecule has 20 heavy (non-hydrogen) atoms.